The Morgan fingerprint density at radius 3 is 2.50 bits per heavy atom. The van der Waals surface area contributed by atoms with E-state index in [-0.39, 0.29) is 11.7 Å². The number of hydrogen-bond acceptors (Lipinski definition) is 4. The van der Waals surface area contributed by atoms with Gasteiger partial charge in [-0.05, 0) is 62.7 Å². The average Bonchev–Trinajstić information content (AvgIpc) is 3.07. The Labute approximate surface area is 153 Å². The van der Waals surface area contributed by atoms with Crippen molar-refractivity contribution in [1.29, 1.82) is 0 Å². The fourth-order valence-corrected chi connectivity index (χ4v) is 3.01. The summed E-state index contributed by atoms with van der Waals surface area (Å²) in [5.41, 5.74) is 2.36. The molecule has 1 saturated heterocycles. The second kappa shape index (κ2) is 8.04. The van der Waals surface area contributed by atoms with E-state index in [1.807, 2.05) is 37.3 Å². The zero-order valence-electron chi connectivity index (χ0n) is 15.2. The maximum Gasteiger partial charge on any atom is 0.227 e. The second-order valence-electron chi connectivity index (χ2n) is 6.24. The van der Waals surface area contributed by atoms with Gasteiger partial charge >= 0.3 is 0 Å². The monoisotopic (exact) mass is 353 g/mol. The molecule has 0 N–H and O–H groups in total. The van der Waals surface area contributed by atoms with Crippen LogP contribution in [0.15, 0.2) is 42.5 Å². The van der Waals surface area contributed by atoms with E-state index in [9.17, 15) is 9.59 Å². The molecule has 1 aliphatic rings. The highest BCUT2D eigenvalue weighted by Gasteiger charge is 2.21. The van der Waals surface area contributed by atoms with Gasteiger partial charge in [-0.3, -0.25) is 9.59 Å². The van der Waals surface area contributed by atoms with E-state index in [0.717, 1.165) is 30.0 Å². The van der Waals surface area contributed by atoms with E-state index in [1.165, 1.54) is 0 Å². The smallest absolute Gasteiger partial charge is 0.227 e. The molecule has 3 rings (SSSR count). The maximum absolute atomic E-state index is 11.8. The number of ether oxygens (including phenoxy) is 2. The van der Waals surface area contributed by atoms with Crippen LogP contribution in [0, 0.1) is 0 Å². The number of Topliss-reactive ketones (excluding diaryl/α,β-unsaturated/α-hetero) is 1. The highest BCUT2D eigenvalue weighted by atomic mass is 16.5. The predicted octanol–water partition coefficient (Wildman–Crippen LogP) is 3.99. The number of anilines is 1. The summed E-state index contributed by atoms with van der Waals surface area (Å²) in [7, 11) is 0. The average molecular weight is 353 g/mol. The van der Waals surface area contributed by atoms with Crippen LogP contribution < -0.4 is 14.4 Å². The first-order valence-corrected chi connectivity index (χ1v) is 8.88. The summed E-state index contributed by atoms with van der Waals surface area (Å²) in [5, 5.41) is 0. The van der Waals surface area contributed by atoms with Crippen molar-refractivity contribution < 1.29 is 19.1 Å². The first-order chi connectivity index (χ1) is 12.6. The third-order valence-electron chi connectivity index (χ3n) is 4.38. The van der Waals surface area contributed by atoms with Crippen molar-refractivity contribution in [2.75, 3.05) is 18.1 Å². The van der Waals surface area contributed by atoms with Gasteiger partial charge in [-0.15, -0.1) is 0 Å². The molecule has 0 unspecified atom stereocenters. The van der Waals surface area contributed by atoms with Crippen LogP contribution in [0.2, 0.25) is 0 Å². The van der Waals surface area contributed by atoms with Crippen LogP contribution in [0.25, 0.3) is 0 Å². The Bertz CT molecular complexity index is 798. The lowest BCUT2D eigenvalue weighted by atomic mass is 10.1. The molecule has 1 aliphatic heterocycles. The molecule has 0 saturated carbocycles. The molecular weight excluding hydrogens is 330 g/mol. The number of hydrogen-bond donors (Lipinski definition) is 0. The Hall–Kier alpha value is -2.82. The molecule has 0 radical (unpaired) electrons. The molecule has 136 valence electrons. The van der Waals surface area contributed by atoms with Crippen molar-refractivity contribution in [3.8, 4) is 11.5 Å². The molecule has 0 aromatic heterocycles. The van der Waals surface area contributed by atoms with E-state index in [0.29, 0.717) is 30.9 Å². The SMILES string of the molecule is CCOc1ccc(C(C)=O)cc1COc1ccc(N2CCCC2=O)cc1. The standard InChI is InChI=1S/C21H23NO4/c1-3-25-20-11-6-16(15(2)23)13-17(20)14-26-19-9-7-18(8-10-19)22-12-4-5-21(22)24/h6-11,13H,3-5,12,14H2,1-2H3. The third-order valence-corrected chi connectivity index (χ3v) is 4.38. The molecular formula is C21H23NO4. The Balaban J connectivity index is 1.71. The fourth-order valence-electron chi connectivity index (χ4n) is 3.01. The Morgan fingerprint density at radius 2 is 1.88 bits per heavy atom. The van der Waals surface area contributed by atoms with Crippen LogP contribution >= 0.6 is 0 Å². The first-order valence-electron chi connectivity index (χ1n) is 8.88. The van der Waals surface area contributed by atoms with Crippen molar-refractivity contribution in [3.05, 3.63) is 53.6 Å². The van der Waals surface area contributed by atoms with Crippen molar-refractivity contribution >= 4 is 17.4 Å². The highest BCUT2D eigenvalue weighted by molar-refractivity contribution is 5.95. The molecule has 2 aromatic carbocycles. The van der Waals surface area contributed by atoms with Gasteiger partial charge < -0.3 is 14.4 Å². The van der Waals surface area contributed by atoms with Gasteiger partial charge in [-0.1, -0.05) is 0 Å². The van der Waals surface area contributed by atoms with Crippen LogP contribution in [0.5, 0.6) is 11.5 Å². The minimum atomic E-state index is 0.00827. The molecule has 2 aromatic rings. The first kappa shape index (κ1) is 18.0. The Morgan fingerprint density at radius 1 is 1.12 bits per heavy atom. The molecule has 0 atom stereocenters. The molecule has 1 fully saturated rings. The normalized spacial score (nSPS) is 13.8. The van der Waals surface area contributed by atoms with Crippen LogP contribution in [0.3, 0.4) is 0 Å². The largest absolute Gasteiger partial charge is 0.493 e. The summed E-state index contributed by atoms with van der Waals surface area (Å²) in [6, 6.07) is 12.9. The van der Waals surface area contributed by atoms with Crippen LogP contribution in [0.4, 0.5) is 5.69 Å². The van der Waals surface area contributed by atoms with E-state index >= 15 is 0 Å². The summed E-state index contributed by atoms with van der Waals surface area (Å²) in [6.45, 7) is 5.08. The number of carbonyl (C=O) groups is 2. The fraction of sp³-hybridized carbons (Fsp3) is 0.333. The number of carbonyl (C=O) groups excluding carboxylic acids is 2. The summed E-state index contributed by atoms with van der Waals surface area (Å²) >= 11 is 0. The van der Waals surface area contributed by atoms with Crippen LogP contribution in [0.1, 0.15) is 42.6 Å². The molecule has 26 heavy (non-hydrogen) atoms. The predicted molar refractivity (Wildman–Crippen MR) is 100.0 cm³/mol. The van der Waals surface area contributed by atoms with Crippen LogP contribution in [-0.4, -0.2) is 24.8 Å². The number of ketones is 1. The summed E-state index contributed by atoms with van der Waals surface area (Å²) in [4.78, 5) is 25.2. The second-order valence-corrected chi connectivity index (χ2v) is 6.24. The van der Waals surface area contributed by atoms with Crippen LogP contribution in [-0.2, 0) is 11.4 Å². The topological polar surface area (TPSA) is 55.8 Å². The number of rotatable bonds is 7. The number of nitrogens with zero attached hydrogens (tertiary/aromatic N) is 1. The van der Waals surface area contributed by atoms with Crippen molar-refractivity contribution in [1.82, 2.24) is 0 Å². The van der Waals surface area contributed by atoms with Gasteiger partial charge in [0, 0.05) is 29.8 Å². The van der Waals surface area contributed by atoms with Crippen molar-refractivity contribution in [3.63, 3.8) is 0 Å². The molecule has 1 heterocycles. The Kier molecular flexibility index (Phi) is 5.56. The van der Waals surface area contributed by atoms with Gasteiger partial charge in [0.2, 0.25) is 5.91 Å². The van der Waals surface area contributed by atoms with Gasteiger partial charge in [0.15, 0.2) is 5.78 Å². The lowest BCUT2D eigenvalue weighted by Gasteiger charge is -2.16. The number of amides is 1. The van der Waals surface area contributed by atoms with Crippen molar-refractivity contribution in [2.45, 2.75) is 33.3 Å². The summed E-state index contributed by atoms with van der Waals surface area (Å²) in [5.74, 6) is 1.60. The maximum atomic E-state index is 11.8. The lowest BCUT2D eigenvalue weighted by Crippen LogP contribution is -2.23. The van der Waals surface area contributed by atoms with Gasteiger partial charge in [0.1, 0.15) is 18.1 Å². The van der Waals surface area contributed by atoms with Gasteiger partial charge in [0.25, 0.3) is 0 Å². The molecule has 0 aliphatic carbocycles. The molecule has 5 heteroatoms. The quantitative estimate of drug-likeness (QED) is 0.706. The van der Waals surface area contributed by atoms with E-state index in [4.69, 9.17) is 9.47 Å². The van der Waals surface area contributed by atoms with Gasteiger partial charge in [-0.2, -0.15) is 0 Å². The van der Waals surface area contributed by atoms with Gasteiger partial charge in [0.05, 0.1) is 6.61 Å². The van der Waals surface area contributed by atoms with E-state index < -0.39 is 0 Å². The molecule has 0 bridgehead atoms. The number of benzene rings is 2. The van der Waals surface area contributed by atoms with E-state index in [1.54, 1.807) is 24.0 Å². The zero-order valence-corrected chi connectivity index (χ0v) is 15.2. The minimum absolute atomic E-state index is 0.00827. The van der Waals surface area contributed by atoms with Crippen molar-refractivity contribution in [2.24, 2.45) is 0 Å². The zero-order chi connectivity index (χ0) is 18.5. The van der Waals surface area contributed by atoms with Gasteiger partial charge in [-0.25, -0.2) is 0 Å². The summed E-state index contributed by atoms with van der Waals surface area (Å²) < 4.78 is 11.5. The van der Waals surface area contributed by atoms with E-state index in [2.05, 4.69) is 0 Å². The third kappa shape index (κ3) is 4.04. The lowest BCUT2D eigenvalue weighted by molar-refractivity contribution is -0.117. The molecule has 5 nitrogen and oxygen atoms in total. The molecule has 0 spiro atoms. The molecule has 1 amide bonds. The highest BCUT2D eigenvalue weighted by Crippen LogP contribution is 2.26. The summed E-state index contributed by atoms with van der Waals surface area (Å²) in [6.07, 6.45) is 1.52. The minimum Gasteiger partial charge on any atom is -0.493 e.